The van der Waals surface area contributed by atoms with Gasteiger partial charge in [0.15, 0.2) is 0 Å². The minimum Gasteiger partial charge on any atom is -0.307 e. The van der Waals surface area contributed by atoms with Crippen molar-refractivity contribution >= 4 is 44.7 Å². The third-order valence-corrected chi connectivity index (χ3v) is 5.39. The zero-order valence-corrected chi connectivity index (χ0v) is 12.8. The Labute approximate surface area is 125 Å². The molecule has 2 aromatic rings. The van der Waals surface area contributed by atoms with Gasteiger partial charge in [0.25, 0.3) is 10.0 Å². The highest BCUT2D eigenvalue weighted by molar-refractivity contribution is 7.92. The minimum atomic E-state index is -3.84. The van der Waals surface area contributed by atoms with Crippen LogP contribution < -0.4 is 10.0 Å². The number of carbonyl (C=O) groups excluding carboxylic acids is 1. The van der Waals surface area contributed by atoms with Crippen molar-refractivity contribution in [3.8, 4) is 0 Å². The maximum Gasteiger partial charge on any atom is 0.333 e. The number of thiophene rings is 1. The van der Waals surface area contributed by atoms with Crippen LogP contribution in [0.4, 0.5) is 10.5 Å². The predicted molar refractivity (Wildman–Crippen MR) is 79.8 cm³/mol. The molecule has 20 heavy (non-hydrogen) atoms. The van der Waals surface area contributed by atoms with E-state index < -0.39 is 16.1 Å². The first-order valence-corrected chi connectivity index (χ1v) is 8.20. The number of benzene rings is 1. The first kappa shape index (κ1) is 14.8. The van der Waals surface area contributed by atoms with Crippen LogP contribution in [0.15, 0.2) is 40.6 Å². The quantitative estimate of drug-likeness (QED) is 0.907. The average molecular weight is 331 g/mol. The van der Waals surface area contributed by atoms with Gasteiger partial charge in [-0.2, -0.15) is 0 Å². The normalized spacial score (nSPS) is 11.1. The van der Waals surface area contributed by atoms with E-state index in [1.54, 1.807) is 37.3 Å². The van der Waals surface area contributed by atoms with Gasteiger partial charge in [0.1, 0.15) is 4.21 Å². The molecule has 2 N–H and O–H groups in total. The summed E-state index contributed by atoms with van der Waals surface area (Å²) >= 11 is 6.81. The Balaban J connectivity index is 2.06. The number of anilines is 1. The maximum absolute atomic E-state index is 11.9. The van der Waals surface area contributed by atoms with E-state index in [9.17, 15) is 13.2 Å². The molecule has 2 rings (SSSR count). The minimum absolute atomic E-state index is 0.0984. The summed E-state index contributed by atoms with van der Waals surface area (Å²) in [5.74, 6) is 0. The van der Waals surface area contributed by atoms with E-state index in [2.05, 4.69) is 5.32 Å². The molecular weight excluding hydrogens is 320 g/mol. The smallest absolute Gasteiger partial charge is 0.307 e. The maximum atomic E-state index is 11.9. The summed E-state index contributed by atoms with van der Waals surface area (Å²) in [6.07, 6.45) is 0. The van der Waals surface area contributed by atoms with E-state index >= 15 is 0 Å². The van der Waals surface area contributed by atoms with E-state index in [4.69, 9.17) is 11.6 Å². The summed E-state index contributed by atoms with van der Waals surface area (Å²) in [4.78, 5) is 12.5. The molecule has 0 aliphatic carbocycles. The van der Waals surface area contributed by atoms with Crippen LogP contribution in [0.2, 0.25) is 5.02 Å². The van der Waals surface area contributed by atoms with Crippen LogP contribution in [0, 0.1) is 6.92 Å². The summed E-state index contributed by atoms with van der Waals surface area (Å²) in [6.45, 7) is 1.79. The molecule has 1 heterocycles. The molecule has 0 fully saturated rings. The van der Waals surface area contributed by atoms with Crippen LogP contribution in [-0.2, 0) is 10.0 Å². The molecule has 0 saturated heterocycles. The van der Waals surface area contributed by atoms with Gasteiger partial charge >= 0.3 is 6.03 Å². The van der Waals surface area contributed by atoms with E-state index in [1.807, 2.05) is 4.72 Å². The van der Waals surface area contributed by atoms with Crippen molar-refractivity contribution in [2.75, 3.05) is 5.32 Å². The van der Waals surface area contributed by atoms with Gasteiger partial charge < -0.3 is 5.32 Å². The lowest BCUT2D eigenvalue weighted by atomic mass is 10.3. The summed E-state index contributed by atoms with van der Waals surface area (Å²) in [7, 11) is -3.84. The van der Waals surface area contributed by atoms with Crippen LogP contribution in [0.3, 0.4) is 0 Å². The fourth-order valence-corrected chi connectivity index (χ4v) is 3.74. The fraction of sp³-hybridized carbons (Fsp3) is 0.0833. The Hall–Kier alpha value is -1.57. The molecule has 0 spiro atoms. The predicted octanol–water partition coefficient (Wildman–Crippen LogP) is 3.22. The van der Waals surface area contributed by atoms with Crippen molar-refractivity contribution in [1.29, 1.82) is 0 Å². The number of sulfonamides is 1. The number of halogens is 1. The summed E-state index contributed by atoms with van der Waals surface area (Å²) in [5, 5.41) is 2.94. The van der Waals surface area contributed by atoms with Crippen molar-refractivity contribution < 1.29 is 13.2 Å². The number of hydrogen-bond donors (Lipinski definition) is 2. The molecule has 1 aromatic heterocycles. The van der Waals surface area contributed by atoms with E-state index in [-0.39, 0.29) is 4.21 Å². The molecule has 0 saturated carbocycles. The van der Waals surface area contributed by atoms with E-state index in [0.717, 1.165) is 16.2 Å². The fourth-order valence-electron chi connectivity index (χ4n) is 1.42. The molecule has 5 nitrogen and oxygen atoms in total. The molecule has 0 aliphatic rings. The Bertz CT molecular complexity index is 723. The van der Waals surface area contributed by atoms with Crippen molar-refractivity contribution in [1.82, 2.24) is 4.72 Å². The van der Waals surface area contributed by atoms with Gasteiger partial charge in [-0.05, 0) is 43.3 Å². The second kappa shape index (κ2) is 5.82. The van der Waals surface area contributed by atoms with Crippen LogP contribution in [-0.4, -0.2) is 14.4 Å². The lowest BCUT2D eigenvalue weighted by molar-refractivity contribution is 0.256. The molecule has 0 aliphatic heterocycles. The Morgan fingerprint density at radius 2 is 1.80 bits per heavy atom. The first-order chi connectivity index (χ1) is 9.37. The van der Waals surface area contributed by atoms with Crippen LogP contribution in [0.5, 0.6) is 0 Å². The average Bonchev–Trinajstić information content (AvgIpc) is 2.79. The van der Waals surface area contributed by atoms with Gasteiger partial charge in [0.05, 0.1) is 0 Å². The standard InChI is InChI=1S/C12H11ClN2O3S2/c1-8-2-7-11(19-8)20(17,18)15-12(16)14-10-5-3-9(13)4-6-10/h2-7H,1H3,(H2,14,15,16). The summed E-state index contributed by atoms with van der Waals surface area (Å²) < 4.78 is 25.9. The lowest BCUT2D eigenvalue weighted by Gasteiger charge is -2.07. The lowest BCUT2D eigenvalue weighted by Crippen LogP contribution is -2.33. The number of rotatable bonds is 3. The van der Waals surface area contributed by atoms with Gasteiger partial charge in [-0.15, -0.1) is 11.3 Å². The zero-order valence-electron chi connectivity index (χ0n) is 10.4. The van der Waals surface area contributed by atoms with E-state index in [0.29, 0.717) is 10.7 Å². The van der Waals surface area contributed by atoms with Crippen LogP contribution in [0.25, 0.3) is 0 Å². The van der Waals surface area contributed by atoms with Crippen molar-refractivity contribution in [3.05, 3.63) is 46.3 Å². The highest BCUT2D eigenvalue weighted by Gasteiger charge is 2.19. The Kier molecular flexibility index (Phi) is 4.32. The number of urea groups is 1. The molecular formula is C12H11ClN2O3S2. The topological polar surface area (TPSA) is 75.3 Å². The molecule has 0 radical (unpaired) electrons. The largest absolute Gasteiger partial charge is 0.333 e. The van der Waals surface area contributed by atoms with Gasteiger partial charge in [0.2, 0.25) is 0 Å². The van der Waals surface area contributed by atoms with Crippen molar-refractivity contribution in [2.24, 2.45) is 0 Å². The van der Waals surface area contributed by atoms with Gasteiger partial charge in [-0.1, -0.05) is 11.6 Å². The molecule has 8 heteroatoms. The second-order valence-electron chi connectivity index (χ2n) is 3.93. The molecule has 2 amide bonds. The van der Waals surface area contributed by atoms with Gasteiger partial charge in [0, 0.05) is 15.6 Å². The number of nitrogens with one attached hydrogen (secondary N) is 2. The molecule has 0 unspecified atom stereocenters. The monoisotopic (exact) mass is 330 g/mol. The molecule has 0 bridgehead atoms. The van der Waals surface area contributed by atoms with Crippen molar-refractivity contribution in [2.45, 2.75) is 11.1 Å². The first-order valence-electron chi connectivity index (χ1n) is 5.52. The third kappa shape index (κ3) is 3.72. The highest BCUT2D eigenvalue weighted by Crippen LogP contribution is 2.20. The SMILES string of the molecule is Cc1ccc(S(=O)(=O)NC(=O)Nc2ccc(Cl)cc2)s1. The zero-order chi connectivity index (χ0) is 14.8. The molecule has 0 atom stereocenters. The summed E-state index contributed by atoms with van der Waals surface area (Å²) in [5.41, 5.74) is 0.449. The van der Waals surface area contributed by atoms with Crippen LogP contribution >= 0.6 is 22.9 Å². The Morgan fingerprint density at radius 1 is 1.15 bits per heavy atom. The summed E-state index contributed by atoms with van der Waals surface area (Å²) in [6, 6.07) is 8.64. The van der Waals surface area contributed by atoms with E-state index in [1.165, 1.54) is 6.07 Å². The van der Waals surface area contributed by atoms with Crippen molar-refractivity contribution in [3.63, 3.8) is 0 Å². The number of carbonyl (C=O) groups is 1. The molecule has 1 aromatic carbocycles. The van der Waals surface area contributed by atoms with Gasteiger partial charge in [-0.3, -0.25) is 0 Å². The van der Waals surface area contributed by atoms with Crippen LogP contribution in [0.1, 0.15) is 4.88 Å². The van der Waals surface area contributed by atoms with Gasteiger partial charge in [-0.25, -0.2) is 17.9 Å². The highest BCUT2D eigenvalue weighted by atomic mass is 35.5. The molecule has 106 valence electrons. The number of amides is 2. The second-order valence-corrected chi connectivity index (χ2v) is 7.57. The Morgan fingerprint density at radius 3 is 2.35 bits per heavy atom. The number of aryl methyl sites for hydroxylation is 1. The third-order valence-electron chi connectivity index (χ3n) is 2.31. The number of hydrogen-bond acceptors (Lipinski definition) is 4.